The van der Waals surface area contributed by atoms with E-state index in [9.17, 15) is 9.59 Å². The Balaban J connectivity index is 1.79. The van der Waals surface area contributed by atoms with Crippen LogP contribution in [0.3, 0.4) is 0 Å². The summed E-state index contributed by atoms with van der Waals surface area (Å²) >= 11 is 0. The zero-order valence-corrected chi connectivity index (χ0v) is 18.7. The molecule has 1 atom stereocenters. The summed E-state index contributed by atoms with van der Waals surface area (Å²) in [7, 11) is 0. The molecule has 4 nitrogen and oxygen atoms in total. The second kappa shape index (κ2) is 10.8. The number of benzene rings is 3. The van der Waals surface area contributed by atoms with Gasteiger partial charge in [-0.25, -0.2) is 0 Å². The van der Waals surface area contributed by atoms with Crippen LogP contribution in [0.5, 0.6) is 0 Å². The van der Waals surface area contributed by atoms with E-state index >= 15 is 0 Å². The molecule has 3 aromatic rings. The Bertz CT molecular complexity index is 1040. The summed E-state index contributed by atoms with van der Waals surface area (Å²) < 4.78 is 0. The third-order valence-corrected chi connectivity index (χ3v) is 5.81. The van der Waals surface area contributed by atoms with Crippen molar-refractivity contribution in [2.24, 2.45) is 0 Å². The molecule has 0 heterocycles. The molecule has 0 spiro atoms. The number of nitrogens with zero attached hydrogens (tertiary/aromatic N) is 1. The highest BCUT2D eigenvalue weighted by Crippen LogP contribution is 2.21. The van der Waals surface area contributed by atoms with Crippen molar-refractivity contribution in [3.05, 3.63) is 83.4 Å². The SMILES string of the molecule is CCCNC(=O)[C@H](C)N(Cc1ccccc1C)C(=O)CCc1cccc2ccccc12. The zero-order valence-electron chi connectivity index (χ0n) is 18.7. The Morgan fingerprint density at radius 3 is 2.39 bits per heavy atom. The van der Waals surface area contributed by atoms with Crippen LogP contribution in [0.2, 0.25) is 0 Å². The summed E-state index contributed by atoms with van der Waals surface area (Å²) in [6.07, 6.45) is 1.88. The van der Waals surface area contributed by atoms with Gasteiger partial charge in [0.05, 0.1) is 0 Å². The lowest BCUT2D eigenvalue weighted by molar-refractivity contribution is -0.140. The minimum Gasteiger partial charge on any atom is -0.354 e. The fourth-order valence-electron chi connectivity index (χ4n) is 3.85. The van der Waals surface area contributed by atoms with Crippen LogP contribution in [0.15, 0.2) is 66.7 Å². The van der Waals surface area contributed by atoms with Gasteiger partial charge in [-0.15, -0.1) is 0 Å². The van der Waals surface area contributed by atoms with E-state index < -0.39 is 6.04 Å². The van der Waals surface area contributed by atoms with Crippen molar-refractivity contribution in [3.63, 3.8) is 0 Å². The monoisotopic (exact) mass is 416 g/mol. The second-order valence-electron chi connectivity index (χ2n) is 8.05. The van der Waals surface area contributed by atoms with Gasteiger partial charge < -0.3 is 10.2 Å². The maximum absolute atomic E-state index is 13.3. The number of fused-ring (bicyclic) bond motifs is 1. The van der Waals surface area contributed by atoms with Gasteiger partial charge >= 0.3 is 0 Å². The Morgan fingerprint density at radius 1 is 0.935 bits per heavy atom. The van der Waals surface area contributed by atoms with Crippen molar-refractivity contribution in [1.29, 1.82) is 0 Å². The molecule has 31 heavy (non-hydrogen) atoms. The quantitative estimate of drug-likeness (QED) is 0.532. The Kier molecular flexibility index (Phi) is 7.82. The van der Waals surface area contributed by atoms with Gasteiger partial charge in [-0.1, -0.05) is 73.7 Å². The number of rotatable bonds is 9. The summed E-state index contributed by atoms with van der Waals surface area (Å²) in [5.74, 6) is -0.107. The van der Waals surface area contributed by atoms with Crippen LogP contribution < -0.4 is 5.32 Å². The van der Waals surface area contributed by atoms with E-state index in [2.05, 4.69) is 29.6 Å². The predicted octanol–water partition coefficient (Wildman–Crippen LogP) is 5.02. The van der Waals surface area contributed by atoms with Crippen molar-refractivity contribution in [1.82, 2.24) is 10.2 Å². The van der Waals surface area contributed by atoms with Crippen molar-refractivity contribution < 1.29 is 9.59 Å². The number of aryl methyl sites for hydroxylation is 2. The molecule has 0 aliphatic rings. The van der Waals surface area contributed by atoms with Crippen LogP contribution in [-0.2, 0) is 22.6 Å². The molecule has 2 amide bonds. The fraction of sp³-hybridized carbons (Fsp3) is 0.333. The number of hydrogen-bond acceptors (Lipinski definition) is 2. The number of carbonyl (C=O) groups is 2. The highest BCUT2D eigenvalue weighted by atomic mass is 16.2. The van der Waals surface area contributed by atoms with Gasteiger partial charge in [0.25, 0.3) is 0 Å². The average molecular weight is 417 g/mol. The van der Waals surface area contributed by atoms with Crippen LogP contribution in [0.25, 0.3) is 10.8 Å². The molecule has 3 rings (SSSR count). The second-order valence-corrected chi connectivity index (χ2v) is 8.05. The molecular weight excluding hydrogens is 384 g/mol. The molecule has 0 aromatic heterocycles. The first-order valence-electron chi connectivity index (χ1n) is 11.1. The average Bonchev–Trinajstić information content (AvgIpc) is 2.80. The third kappa shape index (κ3) is 5.72. The topological polar surface area (TPSA) is 49.4 Å². The fourth-order valence-corrected chi connectivity index (χ4v) is 3.85. The van der Waals surface area contributed by atoms with Crippen molar-refractivity contribution in [3.8, 4) is 0 Å². The Labute approximate surface area is 185 Å². The Morgan fingerprint density at radius 2 is 1.61 bits per heavy atom. The summed E-state index contributed by atoms with van der Waals surface area (Å²) in [6, 6.07) is 21.9. The lowest BCUT2D eigenvalue weighted by Gasteiger charge is -2.29. The normalized spacial score (nSPS) is 11.8. The van der Waals surface area contributed by atoms with Crippen molar-refractivity contribution in [2.45, 2.75) is 52.6 Å². The molecule has 162 valence electrons. The molecule has 0 fully saturated rings. The van der Waals surface area contributed by atoms with E-state index in [-0.39, 0.29) is 11.8 Å². The molecule has 0 aliphatic heterocycles. The minimum absolute atomic E-state index is 0.00432. The molecule has 4 heteroatoms. The van der Waals surface area contributed by atoms with E-state index in [4.69, 9.17) is 0 Å². The lowest BCUT2D eigenvalue weighted by Crippen LogP contribution is -2.47. The highest BCUT2D eigenvalue weighted by Gasteiger charge is 2.26. The first kappa shape index (κ1) is 22.5. The first-order chi connectivity index (χ1) is 15.0. The van der Waals surface area contributed by atoms with Crippen LogP contribution in [0, 0.1) is 6.92 Å². The molecule has 0 aliphatic carbocycles. The van der Waals surface area contributed by atoms with Gasteiger partial charge in [-0.3, -0.25) is 9.59 Å². The smallest absolute Gasteiger partial charge is 0.242 e. The van der Waals surface area contributed by atoms with Crippen LogP contribution >= 0.6 is 0 Å². The van der Waals surface area contributed by atoms with Crippen LogP contribution in [0.1, 0.15) is 43.4 Å². The van der Waals surface area contributed by atoms with E-state index in [0.29, 0.717) is 25.9 Å². The van der Waals surface area contributed by atoms with E-state index in [0.717, 1.165) is 23.1 Å². The molecule has 0 radical (unpaired) electrons. The zero-order chi connectivity index (χ0) is 22.2. The van der Waals surface area contributed by atoms with Gasteiger partial charge in [-0.2, -0.15) is 0 Å². The largest absolute Gasteiger partial charge is 0.354 e. The molecule has 0 bridgehead atoms. The van der Waals surface area contributed by atoms with Gasteiger partial charge in [0.15, 0.2) is 0 Å². The van der Waals surface area contributed by atoms with E-state index in [1.54, 1.807) is 4.90 Å². The predicted molar refractivity (Wildman–Crippen MR) is 127 cm³/mol. The maximum atomic E-state index is 13.3. The number of amides is 2. The summed E-state index contributed by atoms with van der Waals surface area (Å²) in [5.41, 5.74) is 3.34. The van der Waals surface area contributed by atoms with Gasteiger partial charge in [0.2, 0.25) is 11.8 Å². The first-order valence-corrected chi connectivity index (χ1v) is 11.1. The summed E-state index contributed by atoms with van der Waals surface area (Å²) in [5, 5.41) is 5.29. The van der Waals surface area contributed by atoms with Gasteiger partial charge in [-0.05, 0) is 54.2 Å². The molecular formula is C27H32N2O2. The maximum Gasteiger partial charge on any atom is 0.242 e. The molecule has 0 saturated heterocycles. The van der Waals surface area contributed by atoms with Gasteiger partial charge in [0, 0.05) is 19.5 Å². The number of nitrogens with one attached hydrogen (secondary N) is 1. The van der Waals surface area contributed by atoms with Crippen molar-refractivity contribution in [2.75, 3.05) is 6.54 Å². The number of carbonyl (C=O) groups excluding carboxylic acids is 2. The Hall–Kier alpha value is -3.14. The molecule has 1 N–H and O–H groups in total. The van der Waals surface area contributed by atoms with E-state index in [1.807, 2.05) is 63.2 Å². The van der Waals surface area contributed by atoms with Crippen molar-refractivity contribution >= 4 is 22.6 Å². The molecule has 0 saturated carbocycles. The highest BCUT2D eigenvalue weighted by molar-refractivity contribution is 5.88. The standard InChI is InChI=1S/C27H32N2O2/c1-4-18-28-27(31)21(3)29(19-24-12-6-5-10-20(24)2)26(30)17-16-23-14-9-13-22-11-7-8-15-25(22)23/h5-15,21H,4,16-19H2,1-3H3,(H,28,31)/t21-/m0/s1. The van der Waals surface area contributed by atoms with Gasteiger partial charge in [0.1, 0.15) is 6.04 Å². The lowest BCUT2D eigenvalue weighted by atomic mass is 10.00. The summed E-state index contributed by atoms with van der Waals surface area (Å²) in [6.45, 7) is 6.92. The minimum atomic E-state index is -0.522. The molecule has 3 aromatic carbocycles. The molecule has 0 unspecified atom stereocenters. The number of hydrogen-bond donors (Lipinski definition) is 1. The van der Waals surface area contributed by atoms with E-state index in [1.165, 1.54) is 10.8 Å². The van der Waals surface area contributed by atoms with Crippen LogP contribution in [0.4, 0.5) is 0 Å². The van der Waals surface area contributed by atoms with Crippen LogP contribution in [-0.4, -0.2) is 29.3 Å². The third-order valence-electron chi connectivity index (χ3n) is 5.81. The summed E-state index contributed by atoms with van der Waals surface area (Å²) in [4.78, 5) is 27.7.